The number of morpholine rings is 1. The lowest BCUT2D eigenvalue weighted by molar-refractivity contribution is -0.159. The number of carbonyl (C=O) groups is 1. The molecule has 11 heteroatoms. The predicted octanol–water partition coefficient (Wildman–Crippen LogP) is 3.82. The molecule has 0 unspecified atom stereocenters. The number of phenolic OH excluding ortho intramolecular Hbond substituents is 1. The monoisotopic (exact) mass is 646 g/mol. The summed E-state index contributed by atoms with van der Waals surface area (Å²) in [7, 11) is 0. The maximum atomic E-state index is 13.0. The van der Waals surface area contributed by atoms with Crippen molar-refractivity contribution < 1.29 is 24.5 Å². The van der Waals surface area contributed by atoms with Gasteiger partial charge in [0, 0.05) is 57.8 Å². The fourth-order valence-electron chi connectivity index (χ4n) is 6.36. The van der Waals surface area contributed by atoms with Gasteiger partial charge in [-0.15, -0.1) is 0 Å². The maximum absolute atomic E-state index is 13.0. The fourth-order valence-corrected chi connectivity index (χ4v) is 7.28. The first-order chi connectivity index (χ1) is 22.4. The minimum Gasteiger partial charge on any atom is -0.506 e. The number of aliphatic hydroxyl groups is 1. The Hall–Kier alpha value is -3.74. The van der Waals surface area contributed by atoms with Gasteiger partial charge >= 0.3 is 4.87 Å². The first kappa shape index (κ1) is 32.2. The highest BCUT2D eigenvalue weighted by atomic mass is 32.1. The van der Waals surface area contributed by atoms with Gasteiger partial charge in [-0.1, -0.05) is 59.9 Å². The molecule has 244 valence electrons. The Morgan fingerprint density at radius 1 is 1.04 bits per heavy atom. The number of phenols is 1. The molecule has 0 bridgehead atoms. The number of carbonyl (C=O) groups excluding carboxylic acids is 1. The number of ether oxygens (including phenoxy) is 2. The van der Waals surface area contributed by atoms with E-state index in [1.165, 1.54) is 11.6 Å². The second kappa shape index (κ2) is 14.8. The van der Waals surface area contributed by atoms with Crippen LogP contribution < -0.4 is 14.9 Å². The smallest absolute Gasteiger partial charge is 0.305 e. The fraction of sp³-hybridized carbons (Fsp3) is 0.429. The molecule has 2 aliphatic rings. The first-order valence-electron chi connectivity index (χ1n) is 16.0. The molecule has 4 aromatic rings. The molecule has 3 heterocycles. The lowest BCUT2D eigenvalue weighted by Crippen LogP contribution is -2.58. The summed E-state index contributed by atoms with van der Waals surface area (Å²) < 4.78 is 12.9. The molecule has 2 fully saturated rings. The summed E-state index contributed by atoms with van der Waals surface area (Å²) in [6, 6.07) is 21.2. The molecular formula is C35H42N4O6S. The molecule has 10 nitrogen and oxygen atoms in total. The number of rotatable bonds is 12. The highest BCUT2D eigenvalue weighted by Gasteiger charge is 2.40. The Morgan fingerprint density at radius 3 is 2.61 bits per heavy atom. The van der Waals surface area contributed by atoms with Crippen molar-refractivity contribution in [1.82, 2.24) is 20.1 Å². The van der Waals surface area contributed by atoms with E-state index in [0.717, 1.165) is 61.5 Å². The minimum absolute atomic E-state index is 0.00559. The molecule has 1 spiro atoms. The second-order valence-electron chi connectivity index (χ2n) is 12.2. The topological polar surface area (TPSA) is 127 Å². The van der Waals surface area contributed by atoms with Crippen LogP contribution in [0.25, 0.3) is 10.2 Å². The zero-order chi connectivity index (χ0) is 31.9. The highest BCUT2D eigenvalue weighted by Crippen LogP contribution is 2.32. The van der Waals surface area contributed by atoms with Gasteiger partial charge in [0.2, 0.25) is 5.91 Å². The number of hydrogen-bond donors (Lipinski definition) is 4. The van der Waals surface area contributed by atoms with Crippen LogP contribution in [0.15, 0.2) is 71.5 Å². The quantitative estimate of drug-likeness (QED) is 0.183. The summed E-state index contributed by atoms with van der Waals surface area (Å²) >= 11 is 0.981. The van der Waals surface area contributed by atoms with Crippen LogP contribution in [0.4, 0.5) is 0 Å². The molecule has 2 aliphatic heterocycles. The van der Waals surface area contributed by atoms with E-state index in [0.29, 0.717) is 61.6 Å². The van der Waals surface area contributed by atoms with Crippen LogP contribution in [0.2, 0.25) is 0 Å². The number of H-pyrrole nitrogens is 1. The summed E-state index contributed by atoms with van der Waals surface area (Å²) in [6.45, 7) is 6.09. The Bertz CT molecular complexity index is 1650. The van der Waals surface area contributed by atoms with Crippen molar-refractivity contribution in [2.45, 2.75) is 43.9 Å². The van der Waals surface area contributed by atoms with Crippen molar-refractivity contribution in [2.24, 2.45) is 0 Å². The van der Waals surface area contributed by atoms with Gasteiger partial charge in [-0.3, -0.25) is 14.5 Å². The van der Waals surface area contributed by atoms with Crippen LogP contribution in [-0.4, -0.2) is 89.0 Å². The SMILES string of the molecule is O=C(CCc1ccccc1)N1CCOC2(CCN(CCOc3ccc(CNC[C@H](O)c4ccc(O)c5[nH]c(=O)sc45)cc3)CC2)C1. The summed E-state index contributed by atoms with van der Waals surface area (Å²) in [5.41, 5.74) is 2.98. The van der Waals surface area contributed by atoms with Crippen molar-refractivity contribution in [3.8, 4) is 11.5 Å². The zero-order valence-corrected chi connectivity index (χ0v) is 26.8. The molecule has 0 aliphatic carbocycles. The van der Waals surface area contributed by atoms with E-state index in [1.807, 2.05) is 47.4 Å². The Kier molecular flexibility index (Phi) is 10.4. The van der Waals surface area contributed by atoms with E-state index in [2.05, 4.69) is 27.3 Å². The average molecular weight is 647 g/mol. The number of aromatic hydroxyl groups is 1. The van der Waals surface area contributed by atoms with Crippen LogP contribution in [0.1, 0.15) is 42.1 Å². The first-order valence-corrected chi connectivity index (χ1v) is 16.8. The van der Waals surface area contributed by atoms with Crippen molar-refractivity contribution >= 4 is 27.5 Å². The number of piperidine rings is 1. The largest absolute Gasteiger partial charge is 0.506 e. The Morgan fingerprint density at radius 2 is 1.83 bits per heavy atom. The lowest BCUT2D eigenvalue weighted by atomic mass is 9.89. The van der Waals surface area contributed by atoms with Gasteiger partial charge in [0.1, 0.15) is 23.6 Å². The van der Waals surface area contributed by atoms with Crippen LogP contribution in [0.5, 0.6) is 11.5 Å². The summed E-state index contributed by atoms with van der Waals surface area (Å²) in [5, 5.41) is 24.0. The predicted molar refractivity (Wildman–Crippen MR) is 178 cm³/mol. The third kappa shape index (κ3) is 7.97. The average Bonchev–Trinajstić information content (AvgIpc) is 3.48. The van der Waals surface area contributed by atoms with Gasteiger partial charge in [0.25, 0.3) is 0 Å². The molecule has 0 radical (unpaired) electrons. The van der Waals surface area contributed by atoms with E-state index < -0.39 is 6.10 Å². The number of aromatic nitrogens is 1. The molecule has 6 rings (SSSR count). The van der Waals surface area contributed by atoms with Gasteiger partial charge in [0.15, 0.2) is 0 Å². The Balaban J connectivity index is 0.888. The van der Waals surface area contributed by atoms with Crippen LogP contribution in [-0.2, 0) is 22.5 Å². The third-order valence-corrected chi connectivity index (χ3v) is 9.98. The van der Waals surface area contributed by atoms with E-state index in [1.54, 1.807) is 6.07 Å². The van der Waals surface area contributed by atoms with Crippen LogP contribution in [0, 0.1) is 0 Å². The minimum atomic E-state index is -0.821. The van der Waals surface area contributed by atoms with E-state index in [-0.39, 0.29) is 22.1 Å². The van der Waals surface area contributed by atoms with Gasteiger partial charge in [-0.25, -0.2) is 0 Å². The van der Waals surface area contributed by atoms with Crippen LogP contribution >= 0.6 is 11.3 Å². The molecule has 3 aromatic carbocycles. The number of nitrogens with zero attached hydrogens (tertiary/aromatic N) is 2. The zero-order valence-electron chi connectivity index (χ0n) is 26.0. The number of thiazole rings is 1. The van der Waals surface area contributed by atoms with Crippen molar-refractivity contribution in [3.63, 3.8) is 0 Å². The number of likely N-dealkylation sites (tertiary alicyclic amines) is 1. The number of amides is 1. The van der Waals surface area contributed by atoms with Gasteiger partial charge in [0.05, 0.1) is 23.0 Å². The molecule has 1 amide bonds. The number of nitrogens with one attached hydrogen (secondary N) is 2. The third-order valence-electron chi connectivity index (χ3n) is 9.05. The van der Waals surface area contributed by atoms with E-state index in [4.69, 9.17) is 9.47 Å². The maximum Gasteiger partial charge on any atom is 0.305 e. The molecule has 1 atom stereocenters. The number of fused-ring (bicyclic) bond motifs is 1. The Labute approximate surface area is 272 Å². The van der Waals surface area contributed by atoms with Crippen LogP contribution in [0.3, 0.4) is 0 Å². The lowest BCUT2D eigenvalue weighted by Gasteiger charge is -2.47. The van der Waals surface area contributed by atoms with Gasteiger partial charge in [-0.05, 0) is 48.6 Å². The summed E-state index contributed by atoms with van der Waals surface area (Å²) in [4.78, 5) is 31.5. The number of hydrogen-bond acceptors (Lipinski definition) is 9. The standard InChI is InChI=1S/C35H42N4O6S/c40-29-12-11-28(33-32(29)37-34(43)46-33)30(41)23-36-22-26-6-9-27(10-7-26)44-20-18-38-16-14-35(15-17-38)24-39(19-21-45-35)31(42)13-8-25-4-2-1-3-5-25/h1-7,9-12,30,36,40-41H,8,13-24H2,(H,37,43)/t30-/m0/s1. The number of aromatic amines is 1. The van der Waals surface area contributed by atoms with Crippen molar-refractivity contribution in [3.05, 3.63) is 93.1 Å². The molecule has 4 N–H and O–H groups in total. The van der Waals surface area contributed by atoms with E-state index >= 15 is 0 Å². The molecule has 0 saturated carbocycles. The van der Waals surface area contributed by atoms with E-state index in [9.17, 15) is 19.8 Å². The van der Waals surface area contributed by atoms with Crippen molar-refractivity contribution in [2.75, 3.05) is 52.5 Å². The summed E-state index contributed by atoms with van der Waals surface area (Å²) in [6.07, 6.45) is 2.31. The number of aryl methyl sites for hydroxylation is 1. The molecule has 1 aromatic heterocycles. The molecule has 2 saturated heterocycles. The number of aliphatic hydroxyl groups excluding tert-OH is 1. The molecular weight excluding hydrogens is 604 g/mol. The molecule has 46 heavy (non-hydrogen) atoms. The second-order valence-corrected chi connectivity index (χ2v) is 13.2. The summed E-state index contributed by atoms with van der Waals surface area (Å²) in [5.74, 6) is 1.02. The van der Waals surface area contributed by atoms with Gasteiger partial charge < -0.3 is 34.9 Å². The normalized spacial score (nSPS) is 17.4. The van der Waals surface area contributed by atoms with Gasteiger partial charge in [-0.2, -0.15) is 0 Å². The van der Waals surface area contributed by atoms with Crippen molar-refractivity contribution in [1.29, 1.82) is 0 Å². The number of benzene rings is 3. The highest BCUT2D eigenvalue weighted by molar-refractivity contribution is 7.16.